The van der Waals surface area contributed by atoms with Gasteiger partial charge in [-0.15, -0.1) is 0 Å². The van der Waals surface area contributed by atoms with Crippen LogP contribution < -0.4 is 10.9 Å². The van der Waals surface area contributed by atoms with Crippen LogP contribution in [-0.4, -0.2) is 17.0 Å². The number of nitrogens with zero attached hydrogens (tertiary/aromatic N) is 1. The first-order chi connectivity index (χ1) is 6.72. The minimum atomic E-state index is -0.154. The minimum Gasteiger partial charge on any atom is -0.373 e. The van der Waals surface area contributed by atoms with Gasteiger partial charge < -0.3 is 10.3 Å². The molecule has 2 heterocycles. The summed E-state index contributed by atoms with van der Waals surface area (Å²) in [6, 6.07) is 3.79. The van der Waals surface area contributed by atoms with Crippen LogP contribution in [0.3, 0.4) is 0 Å². The monoisotopic (exact) mass is 189 g/mol. The summed E-state index contributed by atoms with van der Waals surface area (Å²) >= 11 is 0. The summed E-state index contributed by atoms with van der Waals surface area (Å²) in [6.45, 7) is 1.96. The van der Waals surface area contributed by atoms with Crippen LogP contribution in [0.15, 0.2) is 23.1 Å². The third kappa shape index (κ3) is 1.25. The summed E-state index contributed by atoms with van der Waals surface area (Å²) in [4.78, 5) is 18.2. The van der Waals surface area contributed by atoms with Crippen LogP contribution >= 0.6 is 0 Å². The lowest BCUT2D eigenvalue weighted by atomic mass is 10.2. The van der Waals surface area contributed by atoms with Crippen molar-refractivity contribution in [3.05, 3.63) is 34.2 Å². The van der Waals surface area contributed by atoms with Crippen molar-refractivity contribution < 1.29 is 0 Å². The molecule has 0 fully saturated rings. The number of aryl methyl sites for hydroxylation is 1. The number of anilines is 1. The van der Waals surface area contributed by atoms with Crippen LogP contribution in [0.4, 0.5) is 5.82 Å². The minimum absolute atomic E-state index is 0.154. The van der Waals surface area contributed by atoms with E-state index in [0.717, 1.165) is 16.8 Å². The second-order valence-electron chi connectivity index (χ2n) is 3.15. The molecule has 0 unspecified atom stereocenters. The lowest BCUT2D eigenvalue weighted by molar-refractivity contribution is 1.21. The van der Waals surface area contributed by atoms with Gasteiger partial charge in [0.1, 0.15) is 11.3 Å². The van der Waals surface area contributed by atoms with Gasteiger partial charge in [0, 0.05) is 18.6 Å². The molecule has 0 aliphatic rings. The highest BCUT2D eigenvalue weighted by Gasteiger charge is 2.03. The molecular formula is C10H11N3O. The van der Waals surface area contributed by atoms with Gasteiger partial charge in [0.2, 0.25) is 0 Å². The van der Waals surface area contributed by atoms with Crippen LogP contribution in [0, 0.1) is 6.92 Å². The van der Waals surface area contributed by atoms with Crippen molar-refractivity contribution in [2.75, 3.05) is 12.4 Å². The number of hydrogen-bond donors (Lipinski definition) is 2. The van der Waals surface area contributed by atoms with E-state index in [1.165, 1.54) is 0 Å². The van der Waals surface area contributed by atoms with Gasteiger partial charge in [-0.1, -0.05) is 0 Å². The number of H-pyrrole nitrogens is 1. The van der Waals surface area contributed by atoms with E-state index in [9.17, 15) is 4.79 Å². The Balaban J connectivity index is 2.87. The molecule has 0 aliphatic heterocycles. The molecule has 0 atom stereocenters. The normalized spacial score (nSPS) is 10.4. The van der Waals surface area contributed by atoms with Gasteiger partial charge in [-0.2, -0.15) is 0 Å². The number of aromatic amines is 1. The van der Waals surface area contributed by atoms with Crippen LogP contribution in [-0.2, 0) is 0 Å². The fourth-order valence-corrected chi connectivity index (χ4v) is 1.47. The Kier molecular flexibility index (Phi) is 1.96. The number of fused-ring (bicyclic) bond motifs is 1. The molecule has 72 valence electrons. The molecule has 14 heavy (non-hydrogen) atoms. The summed E-state index contributed by atoms with van der Waals surface area (Å²) < 4.78 is 0. The van der Waals surface area contributed by atoms with Crippen molar-refractivity contribution in [2.24, 2.45) is 0 Å². The van der Waals surface area contributed by atoms with E-state index in [1.54, 1.807) is 13.2 Å². The van der Waals surface area contributed by atoms with E-state index < -0.39 is 0 Å². The van der Waals surface area contributed by atoms with Gasteiger partial charge >= 0.3 is 0 Å². The van der Waals surface area contributed by atoms with Crippen molar-refractivity contribution in [2.45, 2.75) is 6.92 Å². The quantitative estimate of drug-likeness (QED) is 0.710. The lowest BCUT2D eigenvalue weighted by Crippen LogP contribution is -2.08. The first kappa shape index (κ1) is 8.74. The fraction of sp³-hybridized carbons (Fsp3) is 0.200. The van der Waals surface area contributed by atoms with Crippen molar-refractivity contribution >= 4 is 16.7 Å². The number of hydrogen-bond acceptors (Lipinski definition) is 3. The predicted molar refractivity (Wildman–Crippen MR) is 56.6 cm³/mol. The Morgan fingerprint density at radius 1 is 1.50 bits per heavy atom. The average molecular weight is 189 g/mol. The summed E-state index contributed by atoms with van der Waals surface area (Å²) in [6.07, 6.45) is 1.63. The Morgan fingerprint density at radius 3 is 3.00 bits per heavy atom. The number of nitrogens with one attached hydrogen (secondary N) is 2. The SMILES string of the molecule is CNc1nc2c(=O)[nH]ccc2cc1C. The third-order valence-electron chi connectivity index (χ3n) is 2.17. The second kappa shape index (κ2) is 3.14. The standard InChI is InChI=1S/C10H11N3O/c1-6-5-7-3-4-12-10(14)8(7)13-9(6)11-2/h3-5H,1-2H3,(H,11,13)(H,12,14). The topological polar surface area (TPSA) is 57.8 Å². The van der Waals surface area contributed by atoms with E-state index in [0.29, 0.717) is 5.52 Å². The van der Waals surface area contributed by atoms with Gasteiger partial charge in [0.25, 0.3) is 5.56 Å². The number of pyridine rings is 2. The summed E-state index contributed by atoms with van der Waals surface area (Å²) in [5.74, 6) is 0.745. The number of rotatable bonds is 1. The average Bonchev–Trinajstić information content (AvgIpc) is 2.17. The van der Waals surface area contributed by atoms with Gasteiger partial charge in [-0.05, 0) is 24.6 Å². The van der Waals surface area contributed by atoms with Gasteiger partial charge in [0.05, 0.1) is 0 Å². The maximum Gasteiger partial charge on any atom is 0.274 e. The molecule has 2 aromatic rings. The van der Waals surface area contributed by atoms with E-state index in [2.05, 4.69) is 15.3 Å². The highest BCUT2D eigenvalue weighted by molar-refractivity contribution is 5.80. The fourth-order valence-electron chi connectivity index (χ4n) is 1.47. The molecule has 4 nitrogen and oxygen atoms in total. The maximum absolute atomic E-state index is 11.4. The molecule has 2 rings (SSSR count). The van der Waals surface area contributed by atoms with Crippen LogP contribution in [0.1, 0.15) is 5.56 Å². The third-order valence-corrected chi connectivity index (χ3v) is 2.17. The summed E-state index contributed by atoms with van der Waals surface area (Å²) in [5.41, 5.74) is 1.35. The first-order valence-electron chi connectivity index (χ1n) is 4.39. The molecule has 2 N–H and O–H groups in total. The molecule has 0 radical (unpaired) electrons. The Labute approximate surface area is 81.0 Å². The van der Waals surface area contributed by atoms with Crippen LogP contribution in [0.5, 0.6) is 0 Å². The highest BCUT2D eigenvalue weighted by Crippen LogP contribution is 2.15. The molecule has 0 saturated carbocycles. The Bertz CT molecular complexity index is 530. The van der Waals surface area contributed by atoms with Crippen molar-refractivity contribution in [1.29, 1.82) is 0 Å². The predicted octanol–water partition coefficient (Wildman–Crippen LogP) is 1.27. The molecule has 0 aromatic carbocycles. The van der Waals surface area contributed by atoms with E-state index >= 15 is 0 Å². The summed E-state index contributed by atoms with van der Waals surface area (Å²) in [5, 5.41) is 3.82. The zero-order valence-electron chi connectivity index (χ0n) is 8.09. The van der Waals surface area contributed by atoms with E-state index in [4.69, 9.17) is 0 Å². The van der Waals surface area contributed by atoms with E-state index in [-0.39, 0.29) is 5.56 Å². The Morgan fingerprint density at radius 2 is 2.29 bits per heavy atom. The molecule has 0 spiro atoms. The Hall–Kier alpha value is -1.84. The van der Waals surface area contributed by atoms with Crippen molar-refractivity contribution in [3.8, 4) is 0 Å². The molecular weight excluding hydrogens is 178 g/mol. The molecule has 0 saturated heterocycles. The zero-order chi connectivity index (χ0) is 10.1. The molecule has 4 heteroatoms. The molecule has 0 bridgehead atoms. The van der Waals surface area contributed by atoms with Crippen molar-refractivity contribution in [3.63, 3.8) is 0 Å². The largest absolute Gasteiger partial charge is 0.373 e. The van der Waals surface area contributed by atoms with Crippen LogP contribution in [0.25, 0.3) is 10.9 Å². The number of aromatic nitrogens is 2. The lowest BCUT2D eigenvalue weighted by Gasteiger charge is -2.04. The zero-order valence-corrected chi connectivity index (χ0v) is 8.09. The summed E-state index contributed by atoms with van der Waals surface area (Å²) in [7, 11) is 1.79. The van der Waals surface area contributed by atoms with E-state index in [1.807, 2.05) is 19.1 Å². The second-order valence-corrected chi connectivity index (χ2v) is 3.15. The van der Waals surface area contributed by atoms with Crippen molar-refractivity contribution in [1.82, 2.24) is 9.97 Å². The highest BCUT2D eigenvalue weighted by atomic mass is 16.1. The van der Waals surface area contributed by atoms with Crippen LogP contribution in [0.2, 0.25) is 0 Å². The molecule has 0 aliphatic carbocycles. The van der Waals surface area contributed by atoms with Gasteiger partial charge in [-0.3, -0.25) is 4.79 Å². The smallest absolute Gasteiger partial charge is 0.274 e. The van der Waals surface area contributed by atoms with Gasteiger partial charge in [0.15, 0.2) is 0 Å². The maximum atomic E-state index is 11.4. The first-order valence-corrected chi connectivity index (χ1v) is 4.39. The van der Waals surface area contributed by atoms with Gasteiger partial charge in [-0.25, -0.2) is 4.98 Å². The molecule has 0 amide bonds. The molecule has 2 aromatic heterocycles.